The predicted molar refractivity (Wildman–Crippen MR) is 141 cm³/mol. The topological polar surface area (TPSA) is 59.1 Å². The first-order valence-electron chi connectivity index (χ1n) is 12.0. The molecule has 6 nitrogen and oxygen atoms in total. The Morgan fingerprint density at radius 1 is 0.735 bits per heavy atom. The Kier molecular flexibility index (Phi) is 5.58. The van der Waals surface area contributed by atoms with Gasteiger partial charge in [-0.1, -0.05) is 12.1 Å². The van der Waals surface area contributed by atoms with Gasteiger partial charge in [-0.25, -0.2) is 0 Å². The van der Waals surface area contributed by atoms with Gasteiger partial charge < -0.3 is 9.47 Å². The number of hydrogen-bond acceptors (Lipinski definition) is 6. The Balaban J connectivity index is 1.60. The lowest BCUT2D eigenvalue weighted by atomic mass is 10.1. The molecule has 2 atom stereocenters. The molecule has 34 heavy (non-hydrogen) atoms. The molecule has 2 aromatic rings. The van der Waals surface area contributed by atoms with Gasteiger partial charge in [0.2, 0.25) is 0 Å². The fourth-order valence-corrected chi connectivity index (χ4v) is 9.19. The first-order chi connectivity index (χ1) is 16.4. The summed E-state index contributed by atoms with van der Waals surface area (Å²) in [5.74, 6) is -0.203. The maximum Gasteiger partial charge on any atom is 0.263 e. The molecule has 2 aromatic heterocycles. The third kappa shape index (κ3) is 3.30. The number of thiophene rings is 2. The zero-order chi connectivity index (χ0) is 23.5. The Bertz CT molecular complexity index is 1100. The van der Waals surface area contributed by atoms with Crippen LogP contribution >= 0.6 is 22.7 Å². The van der Waals surface area contributed by atoms with Crippen LogP contribution in [0.4, 0.5) is 0 Å². The van der Waals surface area contributed by atoms with E-state index in [1.807, 2.05) is 44.8 Å². The van der Waals surface area contributed by atoms with E-state index >= 15 is 0 Å². The van der Waals surface area contributed by atoms with Crippen molar-refractivity contribution in [1.29, 1.82) is 0 Å². The van der Waals surface area contributed by atoms with Crippen LogP contribution in [0.15, 0.2) is 46.2 Å². The molecule has 4 aliphatic heterocycles. The van der Waals surface area contributed by atoms with Gasteiger partial charge in [0.25, 0.3) is 11.8 Å². The van der Waals surface area contributed by atoms with Crippen LogP contribution < -0.4 is 0 Å². The van der Waals surface area contributed by atoms with Gasteiger partial charge in [0.15, 0.2) is 0 Å². The third-order valence-corrected chi connectivity index (χ3v) is 11.6. The summed E-state index contributed by atoms with van der Waals surface area (Å²) in [4.78, 5) is 34.3. The molecule has 4 aliphatic rings. The van der Waals surface area contributed by atoms with E-state index in [-0.39, 0.29) is 11.8 Å². The molecule has 178 valence electrons. The molecule has 0 saturated carbocycles. The van der Waals surface area contributed by atoms with Gasteiger partial charge in [-0.2, -0.15) is 0 Å². The van der Waals surface area contributed by atoms with E-state index in [1.165, 1.54) is 0 Å². The molecule has 10 heteroatoms. The Morgan fingerprint density at radius 3 is 1.50 bits per heavy atom. The summed E-state index contributed by atoms with van der Waals surface area (Å²) < 4.78 is 12.6. The van der Waals surface area contributed by atoms with Gasteiger partial charge in [0, 0.05) is 13.2 Å². The van der Waals surface area contributed by atoms with Gasteiger partial charge in [-0.3, -0.25) is 19.4 Å². The van der Waals surface area contributed by atoms with E-state index in [0.717, 1.165) is 59.7 Å². The second-order valence-electron chi connectivity index (χ2n) is 9.64. The molecule has 0 aliphatic carbocycles. The Morgan fingerprint density at radius 2 is 1.18 bits per heavy atom. The normalized spacial score (nSPS) is 30.2. The van der Waals surface area contributed by atoms with Crippen molar-refractivity contribution in [3.8, 4) is 0 Å². The van der Waals surface area contributed by atoms with Crippen molar-refractivity contribution in [2.45, 2.75) is 49.2 Å². The van der Waals surface area contributed by atoms with E-state index in [2.05, 4.69) is 0 Å². The highest BCUT2D eigenvalue weighted by molar-refractivity contribution is 7.11. The van der Waals surface area contributed by atoms with Gasteiger partial charge in [0.1, 0.15) is 10.7 Å². The molecule has 0 spiro atoms. The number of carbonyl (C=O) groups excluding carboxylic acids is 2. The average Bonchev–Trinajstić information content (AvgIpc) is 3.61. The van der Waals surface area contributed by atoms with Crippen LogP contribution in [0.1, 0.15) is 48.3 Å². The predicted octanol–water partition coefficient (Wildman–Crippen LogP) is 2.06. The van der Waals surface area contributed by atoms with Gasteiger partial charge in [-0.05, 0) is 61.4 Å². The Labute approximate surface area is 213 Å². The van der Waals surface area contributed by atoms with Crippen molar-refractivity contribution < 1.29 is 19.1 Å². The second-order valence-corrected chi connectivity index (χ2v) is 14.7. The molecular formula is C24H28N2O4S2Si2. The fraction of sp³-hybridized carbons (Fsp3) is 0.417. The lowest BCUT2D eigenvalue weighted by molar-refractivity contribution is -0.145. The van der Waals surface area contributed by atoms with E-state index in [1.54, 1.807) is 22.7 Å². The van der Waals surface area contributed by atoms with Crippen molar-refractivity contribution >= 4 is 66.4 Å². The minimum Gasteiger partial charge on any atom is -0.360 e. The van der Waals surface area contributed by atoms with Crippen LogP contribution in [0.25, 0.3) is 11.4 Å². The molecule has 0 N–H and O–H groups in total. The first kappa shape index (κ1) is 22.6. The number of amides is 2. The standard InChI is InChI=1S/C24H28N2O4S2Si2/c27-21-18-17(19(15-7-5-13-31-15)25(21)23(33)9-1-3-11-29-23)22(28)26(20(18)16-8-6-14-32-16)24(34)10-2-4-12-30-24/h5-8,13-14H,1-4,9-12H2,33-34H3. The zero-order valence-electron chi connectivity index (χ0n) is 19.5. The van der Waals surface area contributed by atoms with Crippen LogP contribution in [0.2, 0.25) is 0 Å². The van der Waals surface area contributed by atoms with Crippen LogP contribution in [-0.2, 0) is 19.1 Å². The first-order valence-corrected chi connectivity index (χ1v) is 15.7. The summed E-state index contributed by atoms with van der Waals surface area (Å²) in [7, 11) is 1.33. The molecular weight excluding hydrogens is 501 g/mol. The lowest BCUT2D eigenvalue weighted by Gasteiger charge is -2.44. The van der Waals surface area contributed by atoms with E-state index in [0.29, 0.717) is 44.8 Å². The molecule has 2 unspecified atom stereocenters. The van der Waals surface area contributed by atoms with Crippen molar-refractivity contribution in [1.82, 2.24) is 9.80 Å². The summed E-state index contributed by atoms with van der Waals surface area (Å²) in [6, 6.07) is 7.99. The fourth-order valence-electron chi connectivity index (χ4n) is 5.69. The quantitative estimate of drug-likeness (QED) is 0.570. The van der Waals surface area contributed by atoms with Crippen molar-refractivity contribution in [3.63, 3.8) is 0 Å². The molecule has 2 amide bonds. The monoisotopic (exact) mass is 528 g/mol. The number of hydrogen-bond donors (Lipinski definition) is 0. The van der Waals surface area contributed by atoms with Crippen molar-refractivity contribution in [2.24, 2.45) is 0 Å². The van der Waals surface area contributed by atoms with Crippen LogP contribution in [0, 0.1) is 0 Å². The third-order valence-electron chi connectivity index (χ3n) is 7.36. The van der Waals surface area contributed by atoms with Gasteiger partial charge in [-0.15, -0.1) is 22.7 Å². The molecule has 0 radical (unpaired) electrons. The molecule has 6 rings (SSSR count). The summed E-state index contributed by atoms with van der Waals surface area (Å²) in [6.07, 6.45) is 5.67. The maximum absolute atomic E-state index is 14.4. The van der Waals surface area contributed by atoms with E-state index < -0.39 is 10.7 Å². The zero-order valence-corrected chi connectivity index (χ0v) is 25.1. The maximum atomic E-state index is 14.4. The van der Waals surface area contributed by atoms with Crippen LogP contribution in [0.5, 0.6) is 0 Å². The van der Waals surface area contributed by atoms with Crippen molar-refractivity contribution in [2.75, 3.05) is 13.2 Å². The SMILES string of the molecule is O=C1C2=C(c3cccs3)N(C3([SiH3])CCCCO3)C(=O)C2=C(c2cccs2)N1C1([SiH3])CCCCO1. The molecule has 2 fully saturated rings. The summed E-state index contributed by atoms with van der Waals surface area (Å²) >= 11 is 3.14. The molecule has 0 bridgehead atoms. The smallest absolute Gasteiger partial charge is 0.263 e. The summed E-state index contributed by atoms with van der Waals surface area (Å²) in [6.45, 7) is 1.30. The molecule has 0 aromatic carbocycles. The Hall–Kier alpha value is -1.83. The van der Waals surface area contributed by atoms with Gasteiger partial charge >= 0.3 is 0 Å². The number of fused-ring (bicyclic) bond motifs is 1. The average molecular weight is 529 g/mol. The highest BCUT2D eigenvalue weighted by Crippen LogP contribution is 2.53. The lowest BCUT2D eigenvalue weighted by Crippen LogP contribution is -2.55. The van der Waals surface area contributed by atoms with Crippen LogP contribution in [0.3, 0.4) is 0 Å². The van der Waals surface area contributed by atoms with E-state index in [4.69, 9.17) is 9.47 Å². The highest BCUT2D eigenvalue weighted by atomic mass is 32.1. The molecule has 2 saturated heterocycles. The minimum atomic E-state index is -0.634. The summed E-state index contributed by atoms with van der Waals surface area (Å²) in [5.41, 5.74) is 2.53. The number of carbonyl (C=O) groups is 2. The molecule has 6 heterocycles. The second kappa shape index (κ2) is 8.39. The van der Waals surface area contributed by atoms with Crippen LogP contribution in [-0.4, -0.2) is 66.0 Å². The van der Waals surface area contributed by atoms with Crippen molar-refractivity contribution in [3.05, 3.63) is 55.9 Å². The minimum absolute atomic E-state index is 0.101. The number of ether oxygens (including phenoxy) is 2. The highest BCUT2D eigenvalue weighted by Gasteiger charge is 2.57. The van der Waals surface area contributed by atoms with Gasteiger partial charge in [0.05, 0.1) is 52.8 Å². The summed E-state index contributed by atoms with van der Waals surface area (Å²) in [5, 5.41) is 2.74. The number of nitrogens with zero attached hydrogens (tertiary/aromatic N) is 2. The largest absolute Gasteiger partial charge is 0.360 e. The van der Waals surface area contributed by atoms with E-state index in [9.17, 15) is 9.59 Å². The number of rotatable bonds is 4.